The molecule has 5 nitrogen and oxygen atoms in total. The summed E-state index contributed by atoms with van der Waals surface area (Å²) in [4.78, 5) is 17.7. The molecule has 0 unspecified atom stereocenters. The van der Waals surface area contributed by atoms with Gasteiger partial charge in [-0.3, -0.25) is 4.79 Å². The van der Waals surface area contributed by atoms with Crippen LogP contribution in [-0.2, 0) is 4.79 Å². The molecule has 0 bridgehead atoms. The van der Waals surface area contributed by atoms with Crippen molar-refractivity contribution in [3.05, 3.63) is 18.3 Å². The predicted octanol–water partition coefficient (Wildman–Crippen LogP) is 0.838. The molecule has 0 radical (unpaired) electrons. The molecule has 0 spiro atoms. The molecule has 1 amide bonds. The van der Waals surface area contributed by atoms with Gasteiger partial charge >= 0.3 is 0 Å². The van der Waals surface area contributed by atoms with Gasteiger partial charge < -0.3 is 15.5 Å². The van der Waals surface area contributed by atoms with E-state index in [-0.39, 0.29) is 5.91 Å². The summed E-state index contributed by atoms with van der Waals surface area (Å²) in [6.45, 7) is 0.375. The van der Waals surface area contributed by atoms with Crippen LogP contribution < -0.4 is 15.5 Å². The number of carbonyl (C=O) groups excluding carboxylic acids is 1. The van der Waals surface area contributed by atoms with E-state index < -0.39 is 0 Å². The topological polar surface area (TPSA) is 57.3 Å². The molecule has 0 atom stereocenters. The zero-order valence-electron chi connectivity index (χ0n) is 10.2. The first-order valence-electron chi connectivity index (χ1n) is 5.82. The van der Waals surface area contributed by atoms with E-state index >= 15 is 0 Å². The number of amides is 1. The largest absolute Gasteiger partial charge is 0.363 e. The predicted molar refractivity (Wildman–Crippen MR) is 68.2 cm³/mol. The van der Waals surface area contributed by atoms with Crippen molar-refractivity contribution < 1.29 is 4.79 Å². The fraction of sp³-hybridized carbons (Fsp3) is 0.500. The minimum Gasteiger partial charge on any atom is -0.363 e. The lowest BCUT2D eigenvalue weighted by atomic mass is 10.4. The molecule has 2 rings (SSSR count). The third-order valence-corrected chi connectivity index (χ3v) is 2.62. The van der Waals surface area contributed by atoms with Crippen LogP contribution in [0, 0.1) is 0 Å². The van der Waals surface area contributed by atoms with Crippen molar-refractivity contribution in [2.75, 3.05) is 30.9 Å². The molecule has 1 aromatic heterocycles. The van der Waals surface area contributed by atoms with Crippen LogP contribution in [0.1, 0.15) is 12.8 Å². The Morgan fingerprint density at radius 3 is 2.76 bits per heavy atom. The number of hydrogen-bond donors (Lipinski definition) is 2. The second-order valence-corrected chi connectivity index (χ2v) is 4.50. The van der Waals surface area contributed by atoms with Gasteiger partial charge in [0.25, 0.3) is 0 Å². The van der Waals surface area contributed by atoms with E-state index in [1.807, 2.05) is 31.1 Å². The Labute approximate surface area is 101 Å². The second kappa shape index (κ2) is 5.14. The Kier molecular flexibility index (Phi) is 3.58. The van der Waals surface area contributed by atoms with Crippen LogP contribution in [0.25, 0.3) is 0 Å². The molecule has 1 fully saturated rings. The van der Waals surface area contributed by atoms with Gasteiger partial charge in [-0.05, 0) is 25.0 Å². The van der Waals surface area contributed by atoms with E-state index in [9.17, 15) is 4.79 Å². The number of aromatic nitrogens is 1. The maximum absolute atomic E-state index is 11.6. The summed E-state index contributed by atoms with van der Waals surface area (Å²) in [5.74, 6) is 0.857. The van der Waals surface area contributed by atoms with Gasteiger partial charge in [0.05, 0.1) is 18.4 Å². The van der Waals surface area contributed by atoms with Crippen molar-refractivity contribution in [1.82, 2.24) is 10.3 Å². The highest BCUT2D eigenvalue weighted by atomic mass is 16.1. The Balaban J connectivity index is 1.82. The second-order valence-electron chi connectivity index (χ2n) is 4.50. The summed E-state index contributed by atoms with van der Waals surface area (Å²) in [7, 11) is 3.86. The summed E-state index contributed by atoms with van der Waals surface area (Å²) in [5.41, 5.74) is 0.734. The van der Waals surface area contributed by atoms with Gasteiger partial charge in [-0.25, -0.2) is 4.98 Å². The number of pyridine rings is 1. The lowest BCUT2D eigenvalue weighted by Gasteiger charge is -2.11. The zero-order chi connectivity index (χ0) is 12.3. The lowest BCUT2D eigenvalue weighted by molar-refractivity contribution is -0.115. The number of nitrogens with one attached hydrogen (secondary N) is 2. The fourth-order valence-electron chi connectivity index (χ4n) is 1.45. The molecule has 1 saturated carbocycles. The van der Waals surface area contributed by atoms with Crippen molar-refractivity contribution in [3.63, 3.8) is 0 Å². The van der Waals surface area contributed by atoms with E-state index in [0.717, 1.165) is 11.5 Å². The van der Waals surface area contributed by atoms with Crippen LogP contribution in [0.3, 0.4) is 0 Å². The Bertz CT molecular complexity index is 384. The minimum absolute atomic E-state index is 0.0173. The minimum atomic E-state index is -0.0173. The summed E-state index contributed by atoms with van der Waals surface area (Å²) in [5, 5.41) is 5.97. The fourth-order valence-corrected chi connectivity index (χ4v) is 1.45. The van der Waals surface area contributed by atoms with Gasteiger partial charge in [0.1, 0.15) is 5.82 Å². The van der Waals surface area contributed by atoms with Crippen molar-refractivity contribution in [1.29, 1.82) is 0 Å². The Hall–Kier alpha value is -1.62. The van der Waals surface area contributed by atoms with Crippen LogP contribution in [0.15, 0.2) is 18.3 Å². The van der Waals surface area contributed by atoms with Gasteiger partial charge in [-0.15, -0.1) is 0 Å². The molecular formula is C12H18N4O. The number of hydrogen-bond acceptors (Lipinski definition) is 4. The third-order valence-electron chi connectivity index (χ3n) is 2.62. The summed E-state index contributed by atoms with van der Waals surface area (Å²) in [6, 6.07) is 4.29. The number of nitrogens with zero attached hydrogens (tertiary/aromatic N) is 2. The van der Waals surface area contributed by atoms with E-state index in [1.165, 1.54) is 12.8 Å². The summed E-state index contributed by atoms with van der Waals surface area (Å²) < 4.78 is 0. The standard InChI is InChI=1S/C12H18N4O/c1-16(2)11-6-5-10(7-14-11)15-12(17)8-13-9-3-4-9/h5-7,9,13H,3-4,8H2,1-2H3,(H,15,17). The molecule has 0 aliphatic heterocycles. The maximum atomic E-state index is 11.6. The van der Waals surface area contributed by atoms with E-state index in [1.54, 1.807) is 6.20 Å². The molecule has 1 aliphatic carbocycles. The molecule has 17 heavy (non-hydrogen) atoms. The highest BCUT2D eigenvalue weighted by molar-refractivity contribution is 5.92. The van der Waals surface area contributed by atoms with E-state index in [2.05, 4.69) is 15.6 Å². The van der Waals surface area contributed by atoms with E-state index in [4.69, 9.17) is 0 Å². The number of rotatable bonds is 5. The van der Waals surface area contributed by atoms with Crippen LogP contribution in [-0.4, -0.2) is 37.6 Å². The average Bonchev–Trinajstić information content (AvgIpc) is 3.11. The molecule has 2 N–H and O–H groups in total. The Morgan fingerprint density at radius 2 is 2.24 bits per heavy atom. The summed E-state index contributed by atoms with van der Waals surface area (Å²) in [6.07, 6.45) is 4.04. The SMILES string of the molecule is CN(C)c1ccc(NC(=O)CNC2CC2)cn1. The first-order chi connectivity index (χ1) is 8.15. The first-order valence-corrected chi connectivity index (χ1v) is 5.82. The molecule has 92 valence electrons. The van der Waals surface area contributed by atoms with Crippen molar-refractivity contribution in [2.24, 2.45) is 0 Å². The first kappa shape index (κ1) is 11.9. The lowest BCUT2D eigenvalue weighted by Crippen LogP contribution is -2.29. The van der Waals surface area contributed by atoms with Crippen LogP contribution in [0.2, 0.25) is 0 Å². The molecule has 0 saturated heterocycles. The van der Waals surface area contributed by atoms with Gasteiger partial charge in [0.15, 0.2) is 0 Å². The van der Waals surface area contributed by atoms with Gasteiger partial charge in [-0.2, -0.15) is 0 Å². The molecule has 1 aliphatic rings. The zero-order valence-corrected chi connectivity index (χ0v) is 10.2. The summed E-state index contributed by atoms with van der Waals surface area (Å²) >= 11 is 0. The monoisotopic (exact) mass is 234 g/mol. The van der Waals surface area contributed by atoms with E-state index in [0.29, 0.717) is 12.6 Å². The molecular weight excluding hydrogens is 216 g/mol. The van der Waals surface area contributed by atoms with Crippen molar-refractivity contribution in [3.8, 4) is 0 Å². The smallest absolute Gasteiger partial charge is 0.238 e. The number of anilines is 2. The normalized spacial score (nSPS) is 14.5. The third kappa shape index (κ3) is 3.71. The van der Waals surface area contributed by atoms with Crippen molar-refractivity contribution >= 4 is 17.4 Å². The van der Waals surface area contributed by atoms with Crippen LogP contribution in [0.4, 0.5) is 11.5 Å². The molecule has 0 aromatic carbocycles. The van der Waals surface area contributed by atoms with Crippen LogP contribution in [0.5, 0.6) is 0 Å². The molecule has 1 heterocycles. The Morgan fingerprint density at radius 1 is 1.47 bits per heavy atom. The molecule has 1 aromatic rings. The van der Waals surface area contributed by atoms with Crippen LogP contribution >= 0.6 is 0 Å². The average molecular weight is 234 g/mol. The van der Waals surface area contributed by atoms with Crippen molar-refractivity contribution in [2.45, 2.75) is 18.9 Å². The maximum Gasteiger partial charge on any atom is 0.238 e. The van der Waals surface area contributed by atoms with Gasteiger partial charge in [0, 0.05) is 20.1 Å². The van der Waals surface area contributed by atoms with Gasteiger partial charge in [0.2, 0.25) is 5.91 Å². The van der Waals surface area contributed by atoms with Gasteiger partial charge in [-0.1, -0.05) is 0 Å². The highest BCUT2D eigenvalue weighted by Crippen LogP contribution is 2.18. The highest BCUT2D eigenvalue weighted by Gasteiger charge is 2.21. The number of carbonyl (C=O) groups is 1. The quantitative estimate of drug-likeness (QED) is 0.792. The molecule has 5 heteroatoms.